The van der Waals surface area contributed by atoms with E-state index in [1.54, 1.807) is 23.9 Å². The number of hydrogen-bond acceptors (Lipinski definition) is 2. The van der Waals surface area contributed by atoms with E-state index >= 15 is 0 Å². The van der Waals surface area contributed by atoms with Crippen LogP contribution in [0.3, 0.4) is 0 Å². The van der Waals surface area contributed by atoms with Gasteiger partial charge in [-0.2, -0.15) is 0 Å². The minimum Gasteiger partial charge on any atom is -0.344 e. The molecule has 0 aromatic heterocycles. The molecule has 3 rings (SSSR count). The van der Waals surface area contributed by atoms with E-state index in [1.807, 2.05) is 24.3 Å². The van der Waals surface area contributed by atoms with E-state index in [0.29, 0.717) is 13.0 Å². The zero-order chi connectivity index (χ0) is 12.2. The average molecular weight is 230 g/mol. The molecule has 1 aromatic carbocycles. The summed E-state index contributed by atoms with van der Waals surface area (Å²) in [5, 5.41) is 0. The molecule has 0 bridgehead atoms. The number of fused-ring (bicyclic) bond motifs is 2. The Kier molecular flexibility index (Phi) is 1.88. The van der Waals surface area contributed by atoms with Crippen molar-refractivity contribution in [3.63, 3.8) is 0 Å². The lowest BCUT2D eigenvalue weighted by atomic mass is 9.80. The highest BCUT2D eigenvalue weighted by Gasteiger charge is 2.58. The Labute approximate surface area is 99.8 Å². The molecule has 4 nitrogen and oxygen atoms in total. The molecule has 2 aliphatic rings. The predicted molar refractivity (Wildman–Crippen MR) is 63.8 cm³/mol. The fourth-order valence-electron chi connectivity index (χ4n) is 2.96. The first kappa shape index (κ1) is 10.3. The van der Waals surface area contributed by atoms with E-state index in [9.17, 15) is 9.59 Å². The molecule has 2 aliphatic heterocycles. The molecular weight excluding hydrogens is 216 g/mol. The first-order chi connectivity index (χ1) is 8.09. The topological polar surface area (TPSA) is 40.6 Å². The monoisotopic (exact) mass is 230 g/mol. The maximum atomic E-state index is 12.4. The molecule has 1 spiro atoms. The standard InChI is InChI=1S/C13H14N2O2/c1-14-8-7-13(11(14)16)9-5-3-4-6-10(9)15(2)12(13)17/h3-6H,7-8H2,1-2H3/t13-/m0/s1. The molecule has 4 heteroatoms. The van der Waals surface area contributed by atoms with Crippen molar-refractivity contribution < 1.29 is 9.59 Å². The van der Waals surface area contributed by atoms with Gasteiger partial charge in [0.05, 0.1) is 0 Å². The number of benzene rings is 1. The predicted octanol–water partition coefficient (Wildman–Crippen LogP) is 0.763. The van der Waals surface area contributed by atoms with Gasteiger partial charge in [0.15, 0.2) is 5.41 Å². The van der Waals surface area contributed by atoms with Crippen molar-refractivity contribution >= 4 is 17.5 Å². The summed E-state index contributed by atoms with van der Waals surface area (Å²) in [6.07, 6.45) is 0.586. The van der Waals surface area contributed by atoms with Crippen LogP contribution < -0.4 is 4.90 Å². The number of carbonyl (C=O) groups excluding carboxylic acids is 2. The van der Waals surface area contributed by atoms with Crippen molar-refractivity contribution in [2.45, 2.75) is 11.8 Å². The fraction of sp³-hybridized carbons (Fsp3) is 0.385. The Hall–Kier alpha value is -1.84. The molecule has 1 saturated heterocycles. The minimum atomic E-state index is -0.944. The number of anilines is 1. The lowest BCUT2D eigenvalue weighted by Crippen LogP contribution is -2.44. The second kappa shape index (κ2) is 3.09. The molecule has 0 saturated carbocycles. The van der Waals surface area contributed by atoms with Gasteiger partial charge < -0.3 is 9.80 Å². The Balaban J connectivity index is 2.26. The third kappa shape index (κ3) is 1.03. The molecule has 2 heterocycles. The summed E-state index contributed by atoms with van der Waals surface area (Å²) in [7, 11) is 3.49. The summed E-state index contributed by atoms with van der Waals surface area (Å²) in [4.78, 5) is 28.0. The van der Waals surface area contributed by atoms with Gasteiger partial charge >= 0.3 is 0 Å². The average Bonchev–Trinajstić information content (AvgIpc) is 2.76. The van der Waals surface area contributed by atoms with Gasteiger partial charge in [-0.3, -0.25) is 9.59 Å². The number of carbonyl (C=O) groups is 2. The number of likely N-dealkylation sites (tertiary alicyclic amines) is 1. The molecule has 1 atom stereocenters. The maximum Gasteiger partial charge on any atom is 0.247 e. The Morgan fingerprint density at radius 3 is 2.47 bits per heavy atom. The lowest BCUT2D eigenvalue weighted by molar-refractivity contribution is -0.137. The first-order valence-corrected chi connectivity index (χ1v) is 5.72. The zero-order valence-electron chi connectivity index (χ0n) is 9.93. The van der Waals surface area contributed by atoms with Crippen LogP contribution in [0.4, 0.5) is 5.69 Å². The summed E-state index contributed by atoms with van der Waals surface area (Å²) >= 11 is 0. The largest absolute Gasteiger partial charge is 0.344 e. The summed E-state index contributed by atoms with van der Waals surface area (Å²) < 4.78 is 0. The second-order valence-electron chi connectivity index (χ2n) is 4.76. The van der Waals surface area contributed by atoms with Crippen molar-refractivity contribution in [3.8, 4) is 0 Å². The van der Waals surface area contributed by atoms with Gasteiger partial charge in [0.1, 0.15) is 0 Å². The van der Waals surface area contributed by atoms with Crippen molar-refractivity contribution in [3.05, 3.63) is 29.8 Å². The van der Waals surface area contributed by atoms with E-state index in [0.717, 1.165) is 11.3 Å². The molecule has 0 radical (unpaired) electrons. The third-order valence-corrected chi connectivity index (χ3v) is 3.93. The highest BCUT2D eigenvalue weighted by atomic mass is 16.2. The van der Waals surface area contributed by atoms with Crippen molar-refractivity contribution in [1.29, 1.82) is 0 Å². The quantitative estimate of drug-likeness (QED) is 0.617. The summed E-state index contributed by atoms with van der Waals surface area (Å²) in [5.74, 6) is -0.160. The van der Waals surface area contributed by atoms with Crippen LogP contribution in [0.15, 0.2) is 24.3 Å². The summed E-state index contributed by atoms with van der Waals surface area (Å²) in [6, 6.07) is 7.57. The van der Waals surface area contributed by atoms with Gasteiger partial charge in [0, 0.05) is 31.9 Å². The lowest BCUT2D eigenvalue weighted by Gasteiger charge is -2.20. The van der Waals surface area contributed by atoms with Crippen LogP contribution in [0.5, 0.6) is 0 Å². The fourth-order valence-corrected chi connectivity index (χ4v) is 2.96. The number of nitrogens with zero attached hydrogens (tertiary/aromatic N) is 2. The Morgan fingerprint density at radius 1 is 1.12 bits per heavy atom. The van der Waals surface area contributed by atoms with E-state index in [2.05, 4.69) is 0 Å². The van der Waals surface area contributed by atoms with E-state index in [1.165, 1.54) is 0 Å². The number of rotatable bonds is 0. The van der Waals surface area contributed by atoms with E-state index in [4.69, 9.17) is 0 Å². The van der Waals surface area contributed by atoms with Crippen LogP contribution in [0.1, 0.15) is 12.0 Å². The van der Waals surface area contributed by atoms with Crippen LogP contribution in [-0.2, 0) is 15.0 Å². The molecule has 17 heavy (non-hydrogen) atoms. The molecule has 1 aromatic rings. The molecule has 1 fully saturated rings. The number of amides is 2. The van der Waals surface area contributed by atoms with E-state index < -0.39 is 5.41 Å². The minimum absolute atomic E-state index is 0.0701. The molecule has 0 unspecified atom stereocenters. The molecular formula is C13H14N2O2. The molecule has 88 valence electrons. The summed E-state index contributed by atoms with van der Waals surface area (Å²) in [5.41, 5.74) is 0.781. The zero-order valence-corrected chi connectivity index (χ0v) is 9.93. The third-order valence-electron chi connectivity index (χ3n) is 3.93. The van der Waals surface area contributed by atoms with Gasteiger partial charge in [-0.05, 0) is 12.5 Å². The normalized spacial score (nSPS) is 27.2. The van der Waals surface area contributed by atoms with Crippen LogP contribution in [0.2, 0.25) is 0 Å². The highest BCUT2D eigenvalue weighted by Crippen LogP contribution is 2.46. The first-order valence-electron chi connectivity index (χ1n) is 5.72. The highest BCUT2D eigenvalue weighted by molar-refractivity contribution is 6.22. The van der Waals surface area contributed by atoms with E-state index in [-0.39, 0.29) is 11.8 Å². The van der Waals surface area contributed by atoms with Crippen LogP contribution in [0.25, 0.3) is 0 Å². The summed E-state index contributed by atoms with van der Waals surface area (Å²) in [6.45, 7) is 0.646. The van der Waals surface area contributed by atoms with Gasteiger partial charge in [-0.1, -0.05) is 18.2 Å². The smallest absolute Gasteiger partial charge is 0.247 e. The van der Waals surface area contributed by atoms with Gasteiger partial charge in [0.25, 0.3) is 0 Å². The molecule has 2 amide bonds. The Bertz CT molecular complexity index is 526. The van der Waals surface area contributed by atoms with Crippen molar-refractivity contribution in [1.82, 2.24) is 4.90 Å². The van der Waals surface area contributed by atoms with Crippen molar-refractivity contribution in [2.75, 3.05) is 25.5 Å². The van der Waals surface area contributed by atoms with Crippen LogP contribution in [-0.4, -0.2) is 37.4 Å². The molecule has 0 N–H and O–H groups in total. The molecule has 0 aliphatic carbocycles. The van der Waals surface area contributed by atoms with Crippen LogP contribution >= 0.6 is 0 Å². The number of likely N-dealkylation sites (N-methyl/N-ethyl adjacent to an activating group) is 2. The SMILES string of the molecule is CN1CC[C@]2(C1=O)C(=O)N(C)c1ccccc12. The Morgan fingerprint density at radius 2 is 1.82 bits per heavy atom. The second-order valence-corrected chi connectivity index (χ2v) is 4.76. The number of hydrogen-bond donors (Lipinski definition) is 0. The van der Waals surface area contributed by atoms with Crippen molar-refractivity contribution in [2.24, 2.45) is 0 Å². The van der Waals surface area contributed by atoms with Gasteiger partial charge in [-0.15, -0.1) is 0 Å². The maximum absolute atomic E-state index is 12.4. The van der Waals surface area contributed by atoms with Gasteiger partial charge in [0.2, 0.25) is 11.8 Å². The number of para-hydroxylation sites is 1. The van der Waals surface area contributed by atoms with Crippen LogP contribution in [0, 0.1) is 0 Å². The van der Waals surface area contributed by atoms with Gasteiger partial charge in [-0.25, -0.2) is 0 Å².